The van der Waals surface area contributed by atoms with Crippen molar-refractivity contribution in [1.29, 1.82) is 0 Å². The Labute approximate surface area is 172 Å². The minimum absolute atomic E-state index is 0.122. The number of hydrogen-bond acceptors (Lipinski definition) is 9. The largest absolute Gasteiger partial charge is 0.455 e. The molecule has 29 heavy (non-hydrogen) atoms. The molecule has 0 amide bonds. The van der Waals surface area contributed by atoms with Gasteiger partial charge in [0.15, 0.2) is 18.5 Å². The smallest absolute Gasteiger partial charge is 0.306 e. The van der Waals surface area contributed by atoms with Crippen molar-refractivity contribution < 1.29 is 39.1 Å². The monoisotopic (exact) mass is 419 g/mol. The molecule has 1 fully saturated rings. The number of aliphatic hydroxyl groups excluding tert-OH is 3. The lowest BCUT2D eigenvalue weighted by Gasteiger charge is -2.41. The van der Waals surface area contributed by atoms with Crippen molar-refractivity contribution in [1.82, 2.24) is 5.32 Å². The van der Waals surface area contributed by atoms with Gasteiger partial charge in [-0.15, -0.1) is 0 Å². The Bertz CT molecular complexity index is 475. The number of nitrogens with one attached hydrogen (secondary N) is 1. The molecule has 0 aliphatic carbocycles. The van der Waals surface area contributed by atoms with E-state index in [1.165, 1.54) is 0 Å². The summed E-state index contributed by atoms with van der Waals surface area (Å²) in [5.41, 5.74) is 0. The van der Waals surface area contributed by atoms with Crippen LogP contribution in [0.5, 0.6) is 0 Å². The van der Waals surface area contributed by atoms with E-state index >= 15 is 0 Å². The highest BCUT2D eigenvalue weighted by atomic mass is 16.7. The van der Waals surface area contributed by atoms with Crippen LogP contribution in [0.3, 0.4) is 0 Å². The molecule has 1 aliphatic heterocycles. The molecule has 0 bridgehead atoms. The van der Waals surface area contributed by atoms with Gasteiger partial charge in [0.1, 0.15) is 12.2 Å². The van der Waals surface area contributed by atoms with Crippen LogP contribution in [0.4, 0.5) is 0 Å². The average molecular weight is 420 g/mol. The van der Waals surface area contributed by atoms with Crippen LogP contribution in [0, 0.1) is 0 Å². The Morgan fingerprint density at radius 1 is 0.897 bits per heavy atom. The van der Waals surface area contributed by atoms with Gasteiger partial charge in [0.2, 0.25) is 0 Å². The molecular weight excluding hydrogens is 382 g/mol. The molecule has 170 valence electrons. The maximum absolute atomic E-state index is 12.2. The molecule has 0 radical (unpaired) electrons. The number of carbonyl (C=O) groups excluding carboxylic acids is 2. The molecular formula is C20H37NO8. The fourth-order valence-electron chi connectivity index (χ4n) is 3.07. The van der Waals surface area contributed by atoms with Gasteiger partial charge in [-0.05, 0) is 38.8 Å². The van der Waals surface area contributed by atoms with Gasteiger partial charge in [-0.1, -0.05) is 26.7 Å². The van der Waals surface area contributed by atoms with Gasteiger partial charge < -0.3 is 34.8 Å². The summed E-state index contributed by atoms with van der Waals surface area (Å²) in [6.07, 6.45) is -1.30. The van der Waals surface area contributed by atoms with E-state index in [2.05, 4.69) is 12.2 Å². The molecule has 1 aliphatic rings. The topological polar surface area (TPSA) is 135 Å². The number of aliphatic hydroxyl groups is 3. The van der Waals surface area contributed by atoms with Gasteiger partial charge in [-0.2, -0.15) is 0 Å². The predicted molar refractivity (Wildman–Crippen MR) is 105 cm³/mol. The lowest BCUT2D eigenvalue weighted by molar-refractivity contribution is -0.293. The maximum atomic E-state index is 12.2. The van der Waals surface area contributed by atoms with Crippen molar-refractivity contribution in [3.05, 3.63) is 0 Å². The van der Waals surface area contributed by atoms with Crippen LogP contribution in [0.2, 0.25) is 0 Å². The van der Waals surface area contributed by atoms with Crippen molar-refractivity contribution in [2.75, 3.05) is 19.7 Å². The van der Waals surface area contributed by atoms with Crippen molar-refractivity contribution in [3.63, 3.8) is 0 Å². The van der Waals surface area contributed by atoms with Crippen LogP contribution in [0.15, 0.2) is 0 Å². The van der Waals surface area contributed by atoms with Crippen LogP contribution in [-0.2, 0) is 23.8 Å². The summed E-state index contributed by atoms with van der Waals surface area (Å²) in [5, 5.41) is 33.1. The van der Waals surface area contributed by atoms with Crippen LogP contribution in [0.25, 0.3) is 0 Å². The molecule has 0 aromatic carbocycles. The standard InChI is InChI=1S/C20H37NO8/c1-3-5-11-21-12-8-6-7-10-16(24)29-19-18(28-15(23)9-4-2)17(25)14(13-22)27-20(19)26/h14,17-22,25-26H,3-13H2,1-2H3/t14?,17-,18+,19?,20-/m1/s1. The quantitative estimate of drug-likeness (QED) is 0.236. The Kier molecular flexibility index (Phi) is 13.0. The second-order valence-corrected chi connectivity index (χ2v) is 7.31. The highest BCUT2D eigenvalue weighted by molar-refractivity contribution is 5.70. The van der Waals surface area contributed by atoms with E-state index in [9.17, 15) is 24.9 Å². The second-order valence-electron chi connectivity index (χ2n) is 7.31. The molecule has 9 heteroatoms. The van der Waals surface area contributed by atoms with E-state index in [-0.39, 0.29) is 12.8 Å². The SMILES string of the molecule is CCCCNCCCCCC(=O)OC1[C@H](O)OC(CO)[C@@H](O)[C@@H]1OC(=O)CCC. The second kappa shape index (κ2) is 14.7. The first-order valence-electron chi connectivity index (χ1n) is 10.7. The van der Waals surface area contributed by atoms with Crippen molar-refractivity contribution in [3.8, 4) is 0 Å². The van der Waals surface area contributed by atoms with Crippen LogP contribution in [0.1, 0.15) is 65.2 Å². The number of hydrogen-bond donors (Lipinski definition) is 4. The highest BCUT2D eigenvalue weighted by Gasteiger charge is 2.48. The zero-order chi connectivity index (χ0) is 21.6. The lowest BCUT2D eigenvalue weighted by Crippen LogP contribution is -2.61. The highest BCUT2D eigenvalue weighted by Crippen LogP contribution is 2.26. The molecule has 2 unspecified atom stereocenters. The van der Waals surface area contributed by atoms with Crippen LogP contribution in [-0.4, -0.2) is 77.7 Å². The average Bonchev–Trinajstić information content (AvgIpc) is 2.69. The van der Waals surface area contributed by atoms with E-state index < -0.39 is 49.3 Å². The third kappa shape index (κ3) is 9.39. The molecule has 1 saturated heterocycles. The molecule has 5 atom stereocenters. The fraction of sp³-hybridized carbons (Fsp3) is 0.900. The van der Waals surface area contributed by atoms with Crippen LogP contribution >= 0.6 is 0 Å². The molecule has 9 nitrogen and oxygen atoms in total. The third-order valence-electron chi connectivity index (χ3n) is 4.75. The van der Waals surface area contributed by atoms with Gasteiger partial charge in [-0.25, -0.2) is 0 Å². The Balaban J connectivity index is 2.49. The molecule has 0 aromatic rings. The van der Waals surface area contributed by atoms with E-state index in [0.29, 0.717) is 12.8 Å². The molecule has 0 saturated carbocycles. The zero-order valence-electron chi connectivity index (χ0n) is 17.5. The van der Waals surface area contributed by atoms with Gasteiger partial charge in [-0.3, -0.25) is 9.59 Å². The molecule has 0 spiro atoms. The van der Waals surface area contributed by atoms with Gasteiger partial charge in [0, 0.05) is 12.8 Å². The summed E-state index contributed by atoms with van der Waals surface area (Å²) in [5.74, 6) is -1.15. The molecule has 0 aromatic heterocycles. The zero-order valence-corrected chi connectivity index (χ0v) is 17.5. The Morgan fingerprint density at radius 2 is 1.55 bits per heavy atom. The molecule has 1 heterocycles. The number of unbranched alkanes of at least 4 members (excludes halogenated alkanes) is 3. The van der Waals surface area contributed by atoms with E-state index in [4.69, 9.17) is 14.2 Å². The number of esters is 2. The number of rotatable bonds is 14. The predicted octanol–water partition coefficient (Wildman–Crippen LogP) is 0.631. The minimum atomic E-state index is -1.61. The van der Waals surface area contributed by atoms with E-state index in [1.807, 2.05) is 0 Å². The number of ether oxygens (including phenoxy) is 3. The summed E-state index contributed by atoms with van der Waals surface area (Å²) >= 11 is 0. The summed E-state index contributed by atoms with van der Waals surface area (Å²) in [6, 6.07) is 0. The van der Waals surface area contributed by atoms with E-state index in [1.54, 1.807) is 6.92 Å². The van der Waals surface area contributed by atoms with Crippen LogP contribution < -0.4 is 5.32 Å². The Morgan fingerprint density at radius 3 is 2.21 bits per heavy atom. The fourth-order valence-corrected chi connectivity index (χ4v) is 3.07. The summed E-state index contributed by atoms with van der Waals surface area (Å²) in [7, 11) is 0. The Hall–Kier alpha value is -1.26. The van der Waals surface area contributed by atoms with E-state index in [0.717, 1.165) is 38.8 Å². The maximum Gasteiger partial charge on any atom is 0.306 e. The normalized spacial score (nSPS) is 26.9. The van der Waals surface area contributed by atoms with Gasteiger partial charge in [0.25, 0.3) is 0 Å². The van der Waals surface area contributed by atoms with Gasteiger partial charge in [0.05, 0.1) is 6.61 Å². The first kappa shape index (κ1) is 25.8. The molecule has 4 N–H and O–H groups in total. The molecule has 1 rings (SSSR count). The van der Waals surface area contributed by atoms with Crippen molar-refractivity contribution >= 4 is 11.9 Å². The summed E-state index contributed by atoms with van der Waals surface area (Å²) in [4.78, 5) is 24.0. The third-order valence-corrected chi connectivity index (χ3v) is 4.75. The summed E-state index contributed by atoms with van der Waals surface area (Å²) in [6.45, 7) is 5.25. The summed E-state index contributed by atoms with van der Waals surface area (Å²) < 4.78 is 15.6. The first-order chi connectivity index (χ1) is 13.9. The minimum Gasteiger partial charge on any atom is -0.455 e. The van der Waals surface area contributed by atoms with Gasteiger partial charge >= 0.3 is 11.9 Å². The van der Waals surface area contributed by atoms with Crippen molar-refractivity contribution in [2.24, 2.45) is 0 Å². The number of carbonyl (C=O) groups is 2. The lowest BCUT2D eigenvalue weighted by atomic mass is 9.98. The van der Waals surface area contributed by atoms with Crippen molar-refractivity contribution in [2.45, 2.75) is 95.9 Å². The first-order valence-corrected chi connectivity index (χ1v) is 10.7.